The monoisotopic (exact) mass is 266 g/mol. The minimum absolute atomic E-state index is 0.0821. The highest BCUT2D eigenvalue weighted by Crippen LogP contribution is 2.28. The van der Waals surface area contributed by atoms with Gasteiger partial charge in [-0.3, -0.25) is 4.79 Å². The molecular weight excluding hydrogens is 251 g/mol. The van der Waals surface area contributed by atoms with Crippen molar-refractivity contribution in [2.75, 3.05) is 0 Å². The Kier molecular flexibility index (Phi) is 3.78. The van der Waals surface area contributed by atoms with Gasteiger partial charge in [0.2, 0.25) is 5.95 Å². The second-order valence-corrected chi connectivity index (χ2v) is 4.77. The summed E-state index contributed by atoms with van der Waals surface area (Å²) < 4.78 is 13.0. The van der Waals surface area contributed by atoms with Gasteiger partial charge in [-0.1, -0.05) is 19.3 Å². The van der Waals surface area contributed by atoms with Crippen LogP contribution in [0.5, 0.6) is 0 Å². The molecule has 0 atom stereocenters. The largest absolute Gasteiger partial charge is 0.480 e. The lowest BCUT2D eigenvalue weighted by Gasteiger charge is -2.33. The van der Waals surface area contributed by atoms with E-state index in [4.69, 9.17) is 0 Å². The lowest BCUT2D eigenvalue weighted by Crippen LogP contribution is -2.55. The maximum Gasteiger partial charge on any atom is 0.329 e. The minimum Gasteiger partial charge on any atom is -0.480 e. The van der Waals surface area contributed by atoms with Crippen LogP contribution in [0.4, 0.5) is 4.39 Å². The minimum atomic E-state index is -1.23. The van der Waals surface area contributed by atoms with E-state index in [9.17, 15) is 19.1 Å². The number of hydrogen-bond donors (Lipinski definition) is 2. The summed E-state index contributed by atoms with van der Waals surface area (Å²) in [5.74, 6) is -2.37. The van der Waals surface area contributed by atoms with Gasteiger partial charge in [0, 0.05) is 17.8 Å². The molecule has 0 aromatic carbocycles. The summed E-state index contributed by atoms with van der Waals surface area (Å²) in [6, 6.07) is 2.35. The normalized spacial score (nSPS) is 17.7. The highest BCUT2D eigenvalue weighted by atomic mass is 19.1. The van der Waals surface area contributed by atoms with Crippen LogP contribution in [0.15, 0.2) is 18.3 Å². The smallest absolute Gasteiger partial charge is 0.329 e. The van der Waals surface area contributed by atoms with Crippen molar-refractivity contribution in [3.05, 3.63) is 29.8 Å². The third-order valence-electron chi connectivity index (χ3n) is 3.46. The first kappa shape index (κ1) is 13.5. The van der Waals surface area contributed by atoms with Gasteiger partial charge in [-0.15, -0.1) is 0 Å². The number of aliphatic carboxylic acids is 1. The second kappa shape index (κ2) is 5.34. The van der Waals surface area contributed by atoms with Gasteiger partial charge in [0.25, 0.3) is 5.91 Å². The third-order valence-corrected chi connectivity index (χ3v) is 3.46. The van der Waals surface area contributed by atoms with E-state index in [1.165, 1.54) is 12.3 Å². The predicted molar refractivity (Wildman–Crippen MR) is 65.1 cm³/mol. The van der Waals surface area contributed by atoms with E-state index in [2.05, 4.69) is 10.3 Å². The molecule has 2 rings (SSSR count). The number of nitrogens with zero attached hydrogens (tertiary/aromatic N) is 1. The van der Waals surface area contributed by atoms with Gasteiger partial charge in [0.05, 0.1) is 0 Å². The number of halogens is 1. The van der Waals surface area contributed by atoms with Crippen LogP contribution in [0.3, 0.4) is 0 Å². The number of aromatic nitrogens is 1. The van der Waals surface area contributed by atoms with E-state index >= 15 is 0 Å². The molecule has 1 aliphatic carbocycles. The Labute approximate surface area is 109 Å². The van der Waals surface area contributed by atoms with E-state index in [-0.39, 0.29) is 5.56 Å². The molecule has 1 fully saturated rings. The predicted octanol–water partition coefficient (Wildman–Crippen LogP) is 1.74. The molecule has 1 aromatic rings. The molecule has 1 amide bonds. The van der Waals surface area contributed by atoms with Crippen LogP contribution in [-0.2, 0) is 4.79 Å². The number of carbonyl (C=O) groups excluding carboxylic acids is 1. The molecule has 2 N–H and O–H groups in total. The Morgan fingerprint density at radius 2 is 2.00 bits per heavy atom. The van der Waals surface area contributed by atoms with Crippen LogP contribution in [0.2, 0.25) is 0 Å². The van der Waals surface area contributed by atoms with Gasteiger partial charge >= 0.3 is 5.97 Å². The van der Waals surface area contributed by atoms with Gasteiger partial charge in [-0.25, -0.2) is 9.78 Å². The Morgan fingerprint density at radius 1 is 1.32 bits per heavy atom. The van der Waals surface area contributed by atoms with Crippen LogP contribution in [0.1, 0.15) is 42.5 Å². The second-order valence-electron chi connectivity index (χ2n) is 4.77. The highest BCUT2D eigenvalue weighted by Gasteiger charge is 2.41. The van der Waals surface area contributed by atoms with Crippen LogP contribution in [0, 0.1) is 5.95 Å². The van der Waals surface area contributed by atoms with E-state index < -0.39 is 23.4 Å². The van der Waals surface area contributed by atoms with Crippen molar-refractivity contribution in [2.45, 2.75) is 37.6 Å². The maximum atomic E-state index is 13.0. The molecule has 0 saturated heterocycles. The summed E-state index contributed by atoms with van der Waals surface area (Å²) in [5, 5.41) is 11.9. The van der Waals surface area contributed by atoms with Crippen molar-refractivity contribution >= 4 is 11.9 Å². The fraction of sp³-hybridized carbons (Fsp3) is 0.462. The molecule has 0 bridgehead atoms. The van der Waals surface area contributed by atoms with Crippen LogP contribution < -0.4 is 5.32 Å². The van der Waals surface area contributed by atoms with Crippen molar-refractivity contribution in [3.8, 4) is 0 Å². The first-order valence-electron chi connectivity index (χ1n) is 6.21. The number of carbonyl (C=O) groups is 2. The first-order valence-corrected chi connectivity index (χ1v) is 6.21. The summed E-state index contributed by atoms with van der Waals surface area (Å²) >= 11 is 0. The fourth-order valence-corrected chi connectivity index (χ4v) is 2.38. The standard InChI is InChI=1S/C13H15FN2O3/c14-10-8-9(4-7-15-10)11(17)16-13(12(18)19)5-2-1-3-6-13/h4,7-8H,1-3,5-6H2,(H,16,17)(H,18,19). The van der Waals surface area contributed by atoms with Crippen molar-refractivity contribution in [2.24, 2.45) is 0 Å². The molecule has 0 aliphatic heterocycles. The molecule has 1 aromatic heterocycles. The Hall–Kier alpha value is -1.98. The molecule has 1 heterocycles. The molecule has 0 radical (unpaired) electrons. The highest BCUT2D eigenvalue weighted by molar-refractivity contribution is 5.97. The van der Waals surface area contributed by atoms with E-state index in [0.717, 1.165) is 25.3 Å². The lowest BCUT2D eigenvalue weighted by atomic mass is 9.81. The zero-order valence-electron chi connectivity index (χ0n) is 10.4. The SMILES string of the molecule is O=C(NC1(C(=O)O)CCCCC1)c1ccnc(F)c1. The summed E-state index contributed by atoms with van der Waals surface area (Å²) in [4.78, 5) is 26.8. The number of carboxylic acid groups (broad SMARTS) is 1. The molecular formula is C13H15FN2O3. The van der Waals surface area contributed by atoms with E-state index in [1.807, 2.05) is 0 Å². The summed E-state index contributed by atoms with van der Waals surface area (Å²) in [6.07, 6.45) is 4.48. The number of rotatable bonds is 3. The molecule has 0 spiro atoms. The first-order chi connectivity index (χ1) is 9.03. The van der Waals surface area contributed by atoms with Crippen molar-refractivity contribution in [1.82, 2.24) is 10.3 Å². The molecule has 1 saturated carbocycles. The molecule has 1 aliphatic rings. The molecule has 6 heteroatoms. The van der Waals surface area contributed by atoms with Crippen LogP contribution in [0.25, 0.3) is 0 Å². The summed E-state index contributed by atoms with van der Waals surface area (Å²) in [5.41, 5.74) is -1.14. The maximum absolute atomic E-state index is 13.0. The van der Waals surface area contributed by atoms with Gasteiger partial charge < -0.3 is 10.4 Å². The summed E-state index contributed by atoms with van der Waals surface area (Å²) in [7, 11) is 0. The average molecular weight is 266 g/mol. The lowest BCUT2D eigenvalue weighted by molar-refractivity contribution is -0.145. The van der Waals surface area contributed by atoms with Gasteiger partial charge in [0.1, 0.15) is 5.54 Å². The zero-order valence-corrected chi connectivity index (χ0v) is 10.4. The Bertz CT molecular complexity index is 498. The Morgan fingerprint density at radius 3 is 2.58 bits per heavy atom. The number of pyridine rings is 1. The number of amides is 1. The van der Waals surface area contributed by atoms with Gasteiger partial charge in [-0.2, -0.15) is 4.39 Å². The number of nitrogens with one attached hydrogen (secondary N) is 1. The molecule has 102 valence electrons. The van der Waals surface area contributed by atoms with E-state index in [0.29, 0.717) is 12.8 Å². The van der Waals surface area contributed by atoms with Crippen molar-refractivity contribution in [3.63, 3.8) is 0 Å². The number of carboxylic acids is 1. The van der Waals surface area contributed by atoms with Crippen molar-refractivity contribution in [1.29, 1.82) is 0 Å². The third kappa shape index (κ3) is 2.89. The zero-order chi connectivity index (χ0) is 13.9. The Balaban J connectivity index is 2.18. The molecule has 0 unspecified atom stereocenters. The fourth-order valence-electron chi connectivity index (χ4n) is 2.38. The molecule has 19 heavy (non-hydrogen) atoms. The summed E-state index contributed by atoms with van der Waals surface area (Å²) in [6.45, 7) is 0. The van der Waals surface area contributed by atoms with Crippen molar-refractivity contribution < 1.29 is 19.1 Å². The number of hydrogen-bond acceptors (Lipinski definition) is 3. The van der Waals surface area contributed by atoms with Crippen LogP contribution in [-0.4, -0.2) is 27.5 Å². The topological polar surface area (TPSA) is 79.3 Å². The quantitative estimate of drug-likeness (QED) is 0.817. The van der Waals surface area contributed by atoms with Crippen LogP contribution >= 0.6 is 0 Å². The van der Waals surface area contributed by atoms with E-state index in [1.54, 1.807) is 0 Å². The average Bonchev–Trinajstić information content (AvgIpc) is 2.39. The molecule has 5 nitrogen and oxygen atoms in total. The van der Waals surface area contributed by atoms with Gasteiger partial charge in [0.15, 0.2) is 0 Å². The van der Waals surface area contributed by atoms with Gasteiger partial charge in [-0.05, 0) is 18.9 Å².